The summed E-state index contributed by atoms with van der Waals surface area (Å²) in [6.45, 7) is 0.0980. The molecule has 2 aromatic rings. The number of nitrogens with one attached hydrogen (secondary N) is 2. The number of furan rings is 1. The Balaban J connectivity index is 1.85. The first-order chi connectivity index (χ1) is 14.5. The molecule has 3 rings (SSSR count). The maximum atomic E-state index is 12.8. The van der Waals surface area contributed by atoms with E-state index in [-0.39, 0.29) is 24.7 Å². The number of ether oxygens (including phenoxy) is 2. The maximum Gasteiger partial charge on any atom is 0.326 e. The van der Waals surface area contributed by atoms with Gasteiger partial charge in [-0.3, -0.25) is 9.59 Å². The summed E-state index contributed by atoms with van der Waals surface area (Å²) >= 11 is 1.47. The van der Waals surface area contributed by atoms with E-state index in [1.807, 2.05) is 6.26 Å². The molecule has 3 N–H and O–H groups in total. The molecule has 0 spiro atoms. The van der Waals surface area contributed by atoms with E-state index in [2.05, 4.69) is 10.6 Å². The smallest absolute Gasteiger partial charge is 0.326 e. The average Bonchev–Trinajstić information content (AvgIpc) is 3.41. The topological polar surface area (TPSA) is 127 Å². The Morgan fingerprint density at radius 3 is 2.73 bits per heavy atom. The van der Waals surface area contributed by atoms with Crippen molar-refractivity contribution in [1.29, 1.82) is 0 Å². The van der Waals surface area contributed by atoms with Crippen molar-refractivity contribution in [3.8, 4) is 11.5 Å². The van der Waals surface area contributed by atoms with Crippen LogP contribution >= 0.6 is 11.8 Å². The first-order valence-electron chi connectivity index (χ1n) is 8.96. The molecule has 2 heterocycles. The second-order valence-corrected chi connectivity index (χ2v) is 7.23. The molecule has 1 aromatic carbocycles. The number of hydrogen-bond acceptors (Lipinski definition) is 7. The van der Waals surface area contributed by atoms with Crippen molar-refractivity contribution in [2.45, 2.75) is 12.5 Å². The number of amides is 2. The Morgan fingerprint density at radius 2 is 2.03 bits per heavy atom. The van der Waals surface area contributed by atoms with E-state index in [0.29, 0.717) is 22.8 Å². The van der Waals surface area contributed by atoms with Gasteiger partial charge in [-0.05, 0) is 54.3 Å². The molecular weight excluding hydrogens is 412 g/mol. The number of fused-ring (bicyclic) bond motifs is 1. The van der Waals surface area contributed by atoms with Crippen LogP contribution < -0.4 is 20.1 Å². The lowest BCUT2D eigenvalue weighted by Crippen LogP contribution is -2.44. The summed E-state index contributed by atoms with van der Waals surface area (Å²) in [7, 11) is 0. The number of carbonyl (C=O) groups excluding carboxylic acids is 2. The van der Waals surface area contributed by atoms with Crippen LogP contribution in [0.25, 0.3) is 6.08 Å². The molecule has 0 fully saturated rings. The summed E-state index contributed by atoms with van der Waals surface area (Å²) in [6.07, 6.45) is 4.84. The van der Waals surface area contributed by atoms with E-state index >= 15 is 0 Å². The Kier molecular flexibility index (Phi) is 7.02. The number of carboxylic acid groups (broad SMARTS) is 1. The standard InChI is InChI=1S/C20H20N2O7S/c1-30-8-6-13(20(25)26)21-18(23)14(22-19(24)16-3-2-7-27-16)9-12-4-5-15-17(10-12)29-11-28-15/h2-5,7,9-10,13H,6,8,11H2,1H3,(H,21,23)(H,22,24)(H,25,26)/b14-9+/t13-/m0/s1. The first kappa shape index (κ1) is 21.3. The zero-order valence-corrected chi connectivity index (χ0v) is 16.9. The molecule has 10 heteroatoms. The summed E-state index contributed by atoms with van der Waals surface area (Å²) in [6, 6.07) is 6.91. The van der Waals surface area contributed by atoms with Crippen LogP contribution in [0.1, 0.15) is 22.5 Å². The molecule has 0 radical (unpaired) electrons. The van der Waals surface area contributed by atoms with Gasteiger partial charge in [-0.2, -0.15) is 11.8 Å². The maximum absolute atomic E-state index is 12.8. The normalized spacial score (nSPS) is 13.6. The van der Waals surface area contributed by atoms with Crippen molar-refractivity contribution in [2.24, 2.45) is 0 Å². The number of hydrogen-bond donors (Lipinski definition) is 3. The fraction of sp³-hybridized carbons (Fsp3) is 0.250. The van der Waals surface area contributed by atoms with Crippen LogP contribution in [0.3, 0.4) is 0 Å². The van der Waals surface area contributed by atoms with Crippen LogP contribution in [-0.2, 0) is 9.59 Å². The highest BCUT2D eigenvalue weighted by atomic mass is 32.2. The van der Waals surface area contributed by atoms with Crippen LogP contribution in [0.4, 0.5) is 0 Å². The predicted octanol–water partition coefficient (Wildman–Crippen LogP) is 2.10. The van der Waals surface area contributed by atoms with Crippen molar-refractivity contribution in [1.82, 2.24) is 10.6 Å². The monoisotopic (exact) mass is 432 g/mol. The van der Waals surface area contributed by atoms with Gasteiger partial charge in [0.15, 0.2) is 17.3 Å². The van der Waals surface area contributed by atoms with Gasteiger partial charge in [0.1, 0.15) is 11.7 Å². The van der Waals surface area contributed by atoms with E-state index in [1.165, 1.54) is 30.2 Å². The second-order valence-electron chi connectivity index (χ2n) is 6.25. The zero-order valence-electron chi connectivity index (χ0n) is 16.0. The summed E-state index contributed by atoms with van der Waals surface area (Å²) in [5.41, 5.74) is 0.422. The zero-order chi connectivity index (χ0) is 21.5. The minimum absolute atomic E-state index is 0.0107. The predicted molar refractivity (Wildman–Crippen MR) is 109 cm³/mol. The molecule has 9 nitrogen and oxygen atoms in total. The minimum atomic E-state index is -1.16. The Bertz CT molecular complexity index is 956. The second kappa shape index (κ2) is 9.88. The van der Waals surface area contributed by atoms with E-state index in [4.69, 9.17) is 13.9 Å². The minimum Gasteiger partial charge on any atom is -0.480 e. The molecule has 1 aliphatic rings. The highest BCUT2D eigenvalue weighted by molar-refractivity contribution is 7.98. The molecule has 1 aromatic heterocycles. The molecule has 1 aliphatic heterocycles. The molecule has 0 unspecified atom stereocenters. The van der Waals surface area contributed by atoms with Gasteiger partial charge in [-0.15, -0.1) is 0 Å². The number of carbonyl (C=O) groups is 3. The van der Waals surface area contributed by atoms with Gasteiger partial charge < -0.3 is 29.6 Å². The molecular formula is C20H20N2O7S. The van der Waals surface area contributed by atoms with Crippen molar-refractivity contribution in [3.63, 3.8) is 0 Å². The lowest BCUT2D eigenvalue weighted by atomic mass is 10.1. The van der Waals surface area contributed by atoms with Gasteiger partial charge in [0.05, 0.1) is 6.26 Å². The molecule has 158 valence electrons. The van der Waals surface area contributed by atoms with Crippen molar-refractivity contribution < 1.29 is 33.4 Å². The highest BCUT2D eigenvalue weighted by Gasteiger charge is 2.23. The van der Waals surface area contributed by atoms with E-state index in [0.717, 1.165) is 0 Å². The molecule has 0 aliphatic carbocycles. The summed E-state index contributed by atoms with van der Waals surface area (Å²) in [4.78, 5) is 36.7. The quantitative estimate of drug-likeness (QED) is 0.514. The van der Waals surface area contributed by atoms with Gasteiger partial charge in [0.25, 0.3) is 11.8 Å². The molecule has 0 bridgehead atoms. The Labute approximate surface area is 176 Å². The molecule has 2 amide bonds. The Hall–Kier alpha value is -3.40. The van der Waals surface area contributed by atoms with Crippen LogP contribution in [0, 0.1) is 0 Å². The molecule has 0 saturated heterocycles. The van der Waals surface area contributed by atoms with Crippen molar-refractivity contribution in [3.05, 3.63) is 53.6 Å². The fourth-order valence-electron chi connectivity index (χ4n) is 2.65. The van der Waals surface area contributed by atoms with Gasteiger partial charge >= 0.3 is 5.97 Å². The fourth-order valence-corrected chi connectivity index (χ4v) is 3.12. The number of aliphatic carboxylic acids is 1. The highest BCUT2D eigenvalue weighted by Crippen LogP contribution is 2.33. The third-order valence-electron chi connectivity index (χ3n) is 4.16. The van der Waals surface area contributed by atoms with E-state index in [1.54, 1.807) is 24.3 Å². The SMILES string of the molecule is CSCC[C@H](NC(=O)/C(=C\c1ccc2c(c1)OCO2)NC(=O)c1ccco1)C(=O)O. The van der Waals surface area contributed by atoms with Crippen LogP contribution in [0.15, 0.2) is 46.7 Å². The Morgan fingerprint density at radius 1 is 1.23 bits per heavy atom. The summed E-state index contributed by atoms with van der Waals surface area (Å²) in [5.74, 6) is -0.894. The first-order valence-corrected chi connectivity index (χ1v) is 10.4. The molecule has 30 heavy (non-hydrogen) atoms. The van der Waals surface area contributed by atoms with Gasteiger partial charge in [0, 0.05) is 0 Å². The lowest BCUT2D eigenvalue weighted by molar-refractivity contribution is -0.141. The third-order valence-corrected chi connectivity index (χ3v) is 4.80. The third kappa shape index (κ3) is 5.35. The van der Waals surface area contributed by atoms with Gasteiger partial charge in [-0.25, -0.2) is 4.79 Å². The number of benzene rings is 1. The summed E-state index contributed by atoms with van der Waals surface area (Å²) < 4.78 is 15.6. The van der Waals surface area contributed by atoms with Crippen molar-refractivity contribution >= 4 is 35.6 Å². The van der Waals surface area contributed by atoms with Gasteiger partial charge in [0.2, 0.25) is 6.79 Å². The molecule has 0 saturated carbocycles. The van der Waals surface area contributed by atoms with Gasteiger partial charge in [-0.1, -0.05) is 6.07 Å². The van der Waals surface area contributed by atoms with Crippen LogP contribution in [-0.4, -0.2) is 47.7 Å². The average molecular weight is 432 g/mol. The van der Waals surface area contributed by atoms with Crippen LogP contribution in [0.2, 0.25) is 0 Å². The largest absolute Gasteiger partial charge is 0.480 e. The number of carboxylic acids is 1. The molecule has 1 atom stereocenters. The number of rotatable bonds is 9. The van der Waals surface area contributed by atoms with E-state index in [9.17, 15) is 19.5 Å². The number of thioether (sulfide) groups is 1. The van der Waals surface area contributed by atoms with E-state index < -0.39 is 23.8 Å². The lowest BCUT2D eigenvalue weighted by Gasteiger charge is -2.16. The van der Waals surface area contributed by atoms with Crippen molar-refractivity contribution in [2.75, 3.05) is 18.8 Å². The summed E-state index contributed by atoms with van der Waals surface area (Å²) in [5, 5.41) is 14.3. The van der Waals surface area contributed by atoms with Crippen LogP contribution in [0.5, 0.6) is 11.5 Å².